The summed E-state index contributed by atoms with van der Waals surface area (Å²) in [5.41, 5.74) is 14.5. The first-order chi connectivity index (χ1) is 28.8. The summed E-state index contributed by atoms with van der Waals surface area (Å²) in [7, 11) is 0. The van der Waals surface area contributed by atoms with E-state index in [9.17, 15) is 0 Å². The van der Waals surface area contributed by atoms with Gasteiger partial charge in [0.05, 0.1) is 22.2 Å². The fourth-order valence-electron chi connectivity index (χ4n) is 8.60. The van der Waals surface area contributed by atoms with Crippen LogP contribution in [0.25, 0.3) is 82.7 Å². The number of benzene rings is 9. The van der Waals surface area contributed by atoms with Gasteiger partial charge in [-0.1, -0.05) is 152 Å². The van der Waals surface area contributed by atoms with Gasteiger partial charge in [0.2, 0.25) is 0 Å². The molecule has 0 aliphatic heterocycles. The molecule has 0 saturated heterocycles. The van der Waals surface area contributed by atoms with Crippen molar-refractivity contribution in [2.45, 2.75) is 0 Å². The Morgan fingerprint density at radius 1 is 0.310 bits per heavy atom. The van der Waals surface area contributed by atoms with Gasteiger partial charge in [-0.15, -0.1) is 0 Å². The summed E-state index contributed by atoms with van der Waals surface area (Å²) in [5, 5.41) is 5.93. The van der Waals surface area contributed by atoms with Gasteiger partial charge in [-0.05, 0) is 100 Å². The highest BCUT2D eigenvalue weighted by atomic mass is 15.1. The van der Waals surface area contributed by atoms with E-state index in [1.807, 2.05) is 0 Å². The first kappa shape index (κ1) is 33.6. The lowest BCUT2D eigenvalue weighted by molar-refractivity contribution is 1.18. The smallest absolute Gasteiger partial charge is 0.0789 e. The third kappa shape index (κ3) is 5.80. The van der Waals surface area contributed by atoms with Crippen molar-refractivity contribution < 1.29 is 0 Å². The van der Waals surface area contributed by atoms with E-state index in [1.165, 1.54) is 43.9 Å². The standard InChI is InChI=1S/C55H37N3/c1-4-15-38(16-5-1)40-27-31-44(32-28-40)57(45-33-29-41(30-34-45)39-17-6-2-7-18-39)46-22-14-19-42(35-46)55-51-37-54-50(36-49(51)47-23-10-12-25-52(47)56-55)48-24-11-13-26-53(48)58(54)43-20-8-3-9-21-43/h1-37H. The van der Waals surface area contributed by atoms with Gasteiger partial charge in [0.25, 0.3) is 0 Å². The molecule has 3 nitrogen and oxygen atoms in total. The van der Waals surface area contributed by atoms with Crippen LogP contribution in [0.1, 0.15) is 0 Å². The van der Waals surface area contributed by atoms with Crippen LogP contribution in [-0.2, 0) is 0 Å². The summed E-state index contributed by atoms with van der Waals surface area (Å²) in [6.07, 6.45) is 0. The van der Waals surface area contributed by atoms with Gasteiger partial charge in [0.1, 0.15) is 0 Å². The zero-order valence-electron chi connectivity index (χ0n) is 31.7. The number of rotatable bonds is 7. The zero-order chi connectivity index (χ0) is 38.4. The second-order valence-corrected chi connectivity index (χ2v) is 14.8. The third-order valence-electron chi connectivity index (χ3n) is 11.4. The maximum Gasteiger partial charge on any atom is 0.0789 e. The summed E-state index contributed by atoms with van der Waals surface area (Å²) < 4.78 is 2.39. The van der Waals surface area contributed by atoms with Gasteiger partial charge in [0, 0.05) is 49.9 Å². The minimum absolute atomic E-state index is 0.959. The Balaban J connectivity index is 1.11. The molecule has 58 heavy (non-hydrogen) atoms. The van der Waals surface area contributed by atoms with Crippen LogP contribution in [0.4, 0.5) is 17.1 Å². The van der Waals surface area contributed by atoms with E-state index < -0.39 is 0 Å². The van der Waals surface area contributed by atoms with Gasteiger partial charge in [0.15, 0.2) is 0 Å². The summed E-state index contributed by atoms with van der Waals surface area (Å²) in [6.45, 7) is 0. The molecule has 0 aliphatic carbocycles. The van der Waals surface area contributed by atoms with E-state index in [0.717, 1.165) is 55.8 Å². The number of fused-ring (bicyclic) bond motifs is 6. The summed E-state index contributed by atoms with van der Waals surface area (Å²) in [5.74, 6) is 0. The molecule has 9 aromatic carbocycles. The second kappa shape index (κ2) is 14.1. The molecule has 0 amide bonds. The van der Waals surface area contributed by atoms with Gasteiger partial charge in [-0.3, -0.25) is 0 Å². The van der Waals surface area contributed by atoms with E-state index in [-0.39, 0.29) is 0 Å². The zero-order valence-corrected chi connectivity index (χ0v) is 31.7. The number of hydrogen-bond acceptors (Lipinski definition) is 2. The molecule has 3 heteroatoms. The minimum atomic E-state index is 0.959. The molecular formula is C55H37N3. The van der Waals surface area contributed by atoms with Crippen LogP contribution in [0.2, 0.25) is 0 Å². The molecule has 0 aliphatic rings. The number of nitrogens with zero attached hydrogens (tertiary/aromatic N) is 3. The number of para-hydroxylation sites is 3. The van der Waals surface area contributed by atoms with Crippen LogP contribution in [-0.4, -0.2) is 9.55 Å². The van der Waals surface area contributed by atoms with E-state index in [1.54, 1.807) is 0 Å². The fourth-order valence-corrected chi connectivity index (χ4v) is 8.60. The molecule has 11 aromatic rings. The monoisotopic (exact) mass is 739 g/mol. The average molecular weight is 740 g/mol. The third-order valence-corrected chi connectivity index (χ3v) is 11.4. The van der Waals surface area contributed by atoms with Crippen molar-refractivity contribution in [3.8, 4) is 39.2 Å². The normalized spacial score (nSPS) is 11.4. The predicted octanol–water partition coefficient (Wildman–Crippen LogP) is 15.0. The Labute approximate surface area is 337 Å². The maximum atomic E-state index is 5.45. The highest BCUT2D eigenvalue weighted by Gasteiger charge is 2.19. The van der Waals surface area contributed by atoms with Crippen molar-refractivity contribution in [3.05, 3.63) is 224 Å². The number of aromatic nitrogens is 2. The lowest BCUT2D eigenvalue weighted by Crippen LogP contribution is -2.10. The van der Waals surface area contributed by atoms with Crippen LogP contribution >= 0.6 is 0 Å². The quantitative estimate of drug-likeness (QED) is 0.152. The van der Waals surface area contributed by atoms with Crippen LogP contribution in [0.3, 0.4) is 0 Å². The van der Waals surface area contributed by atoms with Crippen LogP contribution < -0.4 is 4.90 Å². The molecular weight excluding hydrogens is 703 g/mol. The first-order valence-electron chi connectivity index (χ1n) is 19.8. The molecule has 272 valence electrons. The predicted molar refractivity (Wildman–Crippen MR) is 245 cm³/mol. The molecule has 0 bridgehead atoms. The van der Waals surface area contributed by atoms with Crippen molar-refractivity contribution in [1.29, 1.82) is 0 Å². The van der Waals surface area contributed by atoms with Crippen molar-refractivity contribution in [2.24, 2.45) is 0 Å². The van der Waals surface area contributed by atoms with Gasteiger partial charge < -0.3 is 9.47 Å². The lowest BCUT2D eigenvalue weighted by Gasteiger charge is -2.26. The molecule has 0 saturated carbocycles. The average Bonchev–Trinajstić information content (AvgIpc) is 3.63. The molecule has 0 atom stereocenters. The molecule has 11 rings (SSSR count). The highest BCUT2D eigenvalue weighted by Crippen LogP contribution is 2.42. The van der Waals surface area contributed by atoms with E-state index >= 15 is 0 Å². The summed E-state index contributed by atoms with van der Waals surface area (Å²) >= 11 is 0. The number of anilines is 3. The van der Waals surface area contributed by atoms with E-state index in [4.69, 9.17) is 4.98 Å². The van der Waals surface area contributed by atoms with Gasteiger partial charge >= 0.3 is 0 Å². The largest absolute Gasteiger partial charge is 0.310 e. The van der Waals surface area contributed by atoms with Crippen molar-refractivity contribution in [3.63, 3.8) is 0 Å². The Kier molecular flexibility index (Phi) is 8.15. The van der Waals surface area contributed by atoms with Crippen LogP contribution in [0, 0.1) is 0 Å². The first-order valence-corrected chi connectivity index (χ1v) is 19.8. The van der Waals surface area contributed by atoms with E-state index in [2.05, 4.69) is 234 Å². The second-order valence-electron chi connectivity index (χ2n) is 14.8. The summed E-state index contributed by atoms with van der Waals surface area (Å²) in [4.78, 5) is 7.79. The molecule has 0 unspecified atom stereocenters. The van der Waals surface area contributed by atoms with Crippen molar-refractivity contribution in [2.75, 3.05) is 4.90 Å². The Morgan fingerprint density at radius 3 is 1.50 bits per heavy atom. The molecule has 0 radical (unpaired) electrons. The number of pyridine rings is 1. The highest BCUT2D eigenvalue weighted by molar-refractivity contribution is 6.20. The SMILES string of the molecule is c1ccc(-c2ccc(N(c3ccc(-c4ccccc4)cc3)c3cccc(-c4nc5ccccc5c5cc6c7ccccc7n(-c7ccccc7)c6cc45)c3)cc2)cc1. The molecule has 2 heterocycles. The molecule has 2 aromatic heterocycles. The van der Waals surface area contributed by atoms with Crippen LogP contribution in [0.5, 0.6) is 0 Å². The molecule has 0 spiro atoms. The van der Waals surface area contributed by atoms with Crippen LogP contribution in [0.15, 0.2) is 224 Å². The molecule has 0 N–H and O–H groups in total. The van der Waals surface area contributed by atoms with Crippen molar-refractivity contribution in [1.82, 2.24) is 9.55 Å². The maximum absolute atomic E-state index is 5.45. The molecule has 0 fully saturated rings. The Bertz CT molecular complexity index is 3160. The van der Waals surface area contributed by atoms with E-state index in [0.29, 0.717) is 0 Å². The Hall–Kier alpha value is -7.75. The number of hydrogen-bond donors (Lipinski definition) is 0. The fraction of sp³-hybridized carbons (Fsp3) is 0. The minimum Gasteiger partial charge on any atom is -0.310 e. The van der Waals surface area contributed by atoms with Gasteiger partial charge in [-0.25, -0.2) is 4.98 Å². The Morgan fingerprint density at radius 2 is 0.845 bits per heavy atom. The van der Waals surface area contributed by atoms with Gasteiger partial charge in [-0.2, -0.15) is 0 Å². The lowest BCUT2D eigenvalue weighted by atomic mass is 9.97. The van der Waals surface area contributed by atoms with Crippen molar-refractivity contribution >= 4 is 60.5 Å². The topological polar surface area (TPSA) is 21.1 Å². The summed E-state index contributed by atoms with van der Waals surface area (Å²) in [6, 6.07) is 80.4.